The molecule has 0 aliphatic carbocycles. The van der Waals surface area contributed by atoms with E-state index >= 15 is 0 Å². The summed E-state index contributed by atoms with van der Waals surface area (Å²) in [5, 5.41) is 0. The molecule has 1 aromatic rings. The highest BCUT2D eigenvalue weighted by Crippen LogP contribution is 2.56. The molecule has 0 aliphatic heterocycles. The highest BCUT2D eigenvalue weighted by atomic mass is 35.9. The first-order valence-corrected chi connectivity index (χ1v) is 7.71. The molecule has 0 aliphatic rings. The molecule has 0 heterocycles. The SMILES string of the molecule is Cc1cccc(CCP(=O)(Cl)Cl)c1. The Kier molecular flexibility index (Phi) is 3.85. The van der Waals surface area contributed by atoms with E-state index in [-0.39, 0.29) is 0 Å². The first-order valence-electron chi connectivity index (χ1n) is 4.01. The summed E-state index contributed by atoms with van der Waals surface area (Å²) >= 11 is 10.9. The largest absolute Gasteiger partial charge is 0.289 e. The number of benzene rings is 1. The highest BCUT2D eigenvalue weighted by Gasteiger charge is 2.12. The van der Waals surface area contributed by atoms with Crippen LogP contribution in [0.4, 0.5) is 0 Å². The van der Waals surface area contributed by atoms with Gasteiger partial charge in [0.2, 0.25) is 0 Å². The van der Waals surface area contributed by atoms with Crippen molar-refractivity contribution in [3.8, 4) is 0 Å². The molecule has 0 radical (unpaired) electrons. The average molecular weight is 237 g/mol. The van der Waals surface area contributed by atoms with Gasteiger partial charge in [-0.3, -0.25) is 4.57 Å². The summed E-state index contributed by atoms with van der Waals surface area (Å²) in [6.45, 7) is 2.02. The Labute approximate surface area is 88.0 Å². The summed E-state index contributed by atoms with van der Waals surface area (Å²) in [6, 6.07) is 8.02. The summed E-state index contributed by atoms with van der Waals surface area (Å²) in [5.74, 6) is -2.90. The quantitative estimate of drug-likeness (QED) is 0.719. The van der Waals surface area contributed by atoms with E-state index in [9.17, 15) is 4.57 Å². The van der Waals surface area contributed by atoms with Crippen LogP contribution in [0.15, 0.2) is 24.3 Å². The molecule has 0 amide bonds. The zero-order valence-electron chi connectivity index (χ0n) is 7.34. The van der Waals surface area contributed by atoms with Crippen LogP contribution in [0, 0.1) is 6.92 Å². The second-order valence-corrected chi connectivity index (χ2v) is 8.42. The van der Waals surface area contributed by atoms with Crippen molar-refractivity contribution in [2.45, 2.75) is 13.3 Å². The lowest BCUT2D eigenvalue weighted by atomic mass is 10.1. The van der Waals surface area contributed by atoms with Gasteiger partial charge >= 0.3 is 0 Å². The third kappa shape index (κ3) is 4.71. The standard InChI is InChI=1S/C9H11Cl2OP/c1-8-3-2-4-9(7-8)5-6-13(10,11)12/h2-4,7H,5-6H2,1H3. The van der Waals surface area contributed by atoms with Gasteiger partial charge in [0, 0.05) is 6.16 Å². The summed E-state index contributed by atoms with van der Waals surface area (Å²) in [4.78, 5) is 0. The van der Waals surface area contributed by atoms with E-state index in [4.69, 9.17) is 22.5 Å². The van der Waals surface area contributed by atoms with Crippen LogP contribution < -0.4 is 0 Å². The molecule has 13 heavy (non-hydrogen) atoms. The Balaban J connectivity index is 2.60. The lowest BCUT2D eigenvalue weighted by Gasteiger charge is -2.02. The smallest absolute Gasteiger partial charge is 0.253 e. The van der Waals surface area contributed by atoms with Crippen molar-refractivity contribution < 1.29 is 4.57 Å². The molecule has 0 aromatic heterocycles. The van der Waals surface area contributed by atoms with Gasteiger partial charge in [0.25, 0.3) is 5.85 Å². The maximum Gasteiger partial charge on any atom is 0.253 e. The van der Waals surface area contributed by atoms with Gasteiger partial charge in [0.05, 0.1) is 0 Å². The molecule has 72 valence electrons. The van der Waals surface area contributed by atoms with Crippen LogP contribution in [0.5, 0.6) is 0 Å². The number of hydrogen-bond acceptors (Lipinski definition) is 1. The van der Waals surface area contributed by atoms with E-state index in [1.165, 1.54) is 5.56 Å². The fraction of sp³-hybridized carbons (Fsp3) is 0.333. The van der Waals surface area contributed by atoms with E-state index in [0.717, 1.165) is 5.56 Å². The van der Waals surface area contributed by atoms with Crippen LogP contribution in [-0.4, -0.2) is 6.16 Å². The maximum absolute atomic E-state index is 11.0. The molecule has 0 fully saturated rings. The van der Waals surface area contributed by atoms with Crippen molar-refractivity contribution in [2.24, 2.45) is 0 Å². The molecule has 1 rings (SSSR count). The Morgan fingerprint density at radius 1 is 1.38 bits per heavy atom. The van der Waals surface area contributed by atoms with E-state index in [1.54, 1.807) is 0 Å². The fourth-order valence-electron chi connectivity index (χ4n) is 1.13. The first-order chi connectivity index (χ1) is 5.97. The van der Waals surface area contributed by atoms with Crippen LogP contribution in [0.2, 0.25) is 0 Å². The van der Waals surface area contributed by atoms with Crippen LogP contribution >= 0.6 is 28.3 Å². The van der Waals surface area contributed by atoms with Gasteiger partial charge in [-0.15, -0.1) is 0 Å². The Bertz CT molecular complexity index is 332. The lowest BCUT2D eigenvalue weighted by Crippen LogP contribution is -1.89. The number of rotatable bonds is 3. The van der Waals surface area contributed by atoms with Gasteiger partial charge in [-0.1, -0.05) is 29.8 Å². The topological polar surface area (TPSA) is 17.1 Å². The molecular weight excluding hydrogens is 226 g/mol. The van der Waals surface area contributed by atoms with Crippen molar-refractivity contribution >= 4 is 28.3 Å². The molecule has 0 N–H and O–H groups in total. The van der Waals surface area contributed by atoms with Gasteiger partial charge in [-0.25, -0.2) is 0 Å². The van der Waals surface area contributed by atoms with Crippen molar-refractivity contribution in [2.75, 3.05) is 6.16 Å². The molecule has 0 saturated carbocycles. The molecule has 0 bridgehead atoms. The summed E-state index contributed by atoms with van der Waals surface area (Å²) in [6.07, 6.45) is 1.02. The second-order valence-electron chi connectivity index (χ2n) is 3.03. The molecule has 0 spiro atoms. The number of halogens is 2. The summed E-state index contributed by atoms with van der Waals surface area (Å²) < 4.78 is 11.0. The fourth-order valence-corrected chi connectivity index (χ4v) is 2.15. The van der Waals surface area contributed by atoms with Crippen LogP contribution in [0.1, 0.15) is 11.1 Å². The van der Waals surface area contributed by atoms with Gasteiger partial charge in [-0.05, 0) is 41.4 Å². The van der Waals surface area contributed by atoms with Gasteiger partial charge in [0.1, 0.15) is 0 Å². The minimum Gasteiger partial charge on any atom is -0.289 e. The monoisotopic (exact) mass is 236 g/mol. The molecule has 0 saturated heterocycles. The molecule has 0 unspecified atom stereocenters. The minimum atomic E-state index is -2.90. The summed E-state index contributed by atoms with van der Waals surface area (Å²) in [7, 11) is 0. The number of hydrogen-bond donors (Lipinski definition) is 0. The predicted molar refractivity (Wildman–Crippen MR) is 59.1 cm³/mol. The highest BCUT2D eigenvalue weighted by molar-refractivity contribution is 8.08. The normalized spacial score (nSPS) is 11.6. The molecular formula is C9H11Cl2OP. The predicted octanol–water partition coefficient (Wildman–Crippen LogP) is 4.21. The van der Waals surface area contributed by atoms with E-state index < -0.39 is 5.85 Å². The lowest BCUT2D eigenvalue weighted by molar-refractivity contribution is 0.592. The van der Waals surface area contributed by atoms with Gasteiger partial charge in [-0.2, -0.15) is 0 Å². The van der Waals surface area contributed by atoms with Crippen molar-refractivity contribution in [1.29, 1.82) is 0 Å². The molecule has 0 atom stereocenters. The van der Waals surface area contributed by atoms with Crippen molar-refractivity contribution in [3.05, 3.63) is 35.4 Å². The number of aryl methyl sites for hydroxylation is 2. The Morgan fingerprint density at radius 3 is 2.62 bits per heavy atom. The zero-order valence-corrected chi connectivity index (χ0v) is 9.74. The van der Waals surface area contributed by atoms with Crippen molar-refractivity contribution in [3.63, 3.8) is 0 Å². The van der Waals surface area contributed by atoms with Crippen LogP contribution in [0.25, 0.3) is 0 Å². The maximum atomic E-state index is 11.0. The van der Waals surface area contributed by atoms with Gasteiger partial charge < -0.3 is 0 Å². The van der Waals surface area contributed by atoms with Crippen LogP contribution in [-0.2, 0) is 11.0 Å². The van der Waals surface area contributed by atoms with E-state index in [0.29, 0.717) is 12.6 Å². The third-order valence-corrected chi connectivity index (χ3v) is 3.50. The first kappa shape index (κ1) is 11.1. The third-order valence-electron chi connectivity index (χ3n) is 1.74. The summed E-state index contributed by atoms with van der Waals surface area (Å²) in [5.41, 5.74) is 2.32. The Morgan fingerprint density at radius 2 is 2.08 bits per heavy atom. The Hall–Kier alpha value is 0.0300. The van der Waals surface area contributed by atoms with Crippen LogP contribution in [0.3, 0.4) is 0 Å². The van der Waals surface area contributed by atoms with E-state index in [2.05, 4.69) is 0 Å². The van der Waals surface area contributed by atoms with E-state index in [1.807, 2.05) is 31.2 Å². The average Bonchev–Trinajstić information content (AvgIpc) is 2.00. The van der Waals surface area contributed by atoms with Crippen molar-refractivity contribution in [1.82, 2.24) is 0 Å². The van der Waals surface area contributed by atoms with Gasteiger partial charge in [0.15, 0.2) is 0 Å². The molecule has 4 heteroatoms. The zero-order chi connectivity index (χ0) is 9.90. The molecule has 1 aromatic carbocycles. The second kappa shape index (κ2) is 4.50. The molecule has 1 nitrogen and oxygen atoms in total. The minimum absolute atomic E-state index is 0.347.